The quantitative estimate of drug-likeness (QED) is 0.524. The van der Waals surface area contributed by atoms with E-state index in [9.17, 15) is 17.6 Å². The van der Waals surface area contributed by atoms with Gasteiger partial charge in [-0.25, -0.2) is 0 Å². The van der Waals surface area contributed by atoms with Gasteiger partial charge >= 0.3 is 11.8 Å². The van der Waals surface area contributed by atoms with E-state index >= 15 is 0 Å². The maximum absolute atomic E-state index is 13.9. The van der Waals surface area contributed by atoms with Crippen LogP contribution in [0.1, 0.15) is 77.0 Å². The zero-order valence-corrected chi connectivity index (χ0v) is 13.3. The van der Waals surface area contributed by atoms with Gasteiger partial charge in [0.25, 0.3) is 0 Å². The Bertz CT molecular complexity index is 321. The van der Waals surface area contributed by atoms with Gasteiger partial charge in [0.1, 0.15) is 0 Å². The van der Waals surface area contributed by atoms with Gasteiger partial charge in [-0.05, 0) is 18.8 Å². The number of hydrogen-bond acceptors (Lipinski definition) is 1. The van der Waals surface area contributed by atoms with Crippen molar-refractivity contribution < 1.29 is 22.3 Å². The molecule has 0 aromatic carbocycles. The number of ether oxygens (including phenoxy) is 1. The lowest BCUT2D eigenvalue weighted by Gasteiger charge is -2.32. The minimum absolute atomic E-state index is 0.0171. The lowest BCUT2D eigenvalue weighted by atomic mass is 9.83. The topological polar surface area (TPSA) is 9.23 Å². The largest absolute Gasteiger partial charge is 0.378 e. The third-order valence-corrected chi connectivity index (χ3v) is 5.13. The number of alkyl halides is 4. The molecule has 0 heterocycles. The SMILES string of the molecule is FC(F)(CCOC1CCCCC1)C(F)(F)CC1CCCCC1. The highest BCUT2D eigenvalue weighted by Crippen LogP contribution is 2.44. The smallest absolute Gasteiger partial charge is 0.312 e. The lowest BCUT2D eigenvalue weighted by molar-refractivity contribution is -0.227. The first kappa shape index (κ1) is 18.0. The first-order valence-corrected chi connectivity index (χ1v) is 8.78. The van der Waals surface area contributed by atoms with Crippen molar-refractivity contribution in [2.75, 3.05) is 6.61 Å². The van der Waals surface area contributed by atoms with Crippen LogP contribution in [0.15, 0.2) is 0 Å². The van der Waals surface area contributed by atoms with Gasteiger partial charge in [-0.2, -0.15) is 17.6 Å². The average molecular weight is 324 g/mol. The molecule has 2 saturated carbocycles. The van der Waals surface area contributed by atoms with E-state index in [2.05, 4.69) is 0 Å². The molecule has 0 spiro atoms. The molecule has 2 aliphatic rings. The van der Waals surface area contributed by atoms with Crippen LogP contribution in [-0.4, -0.2) is 24.6 Å². The Morgan fingerprint density at radius 1 is 0.727 bits per heavy atom. The van der Waals surface area contributed by atoms with Crippen molar-refractivity contribution >= 4 is 0 Å². The maximum Gasteiger partial charge on any atom is 0.312 e. The Morgan fingerprint density at radius 2 is 1.27 bits per heavy atom. The number of halogens is 4. The van der Waals surface area contributed by atoms with Crippen LogP contribution in [0.25, 0.3) is 0 Å². The minimum Gasteiger partial charge on any atom is -0.378 e. The molecule has 0 unspecified atom stereocenters. The van der Waals surface area contributed by atoms with Crippen LogP contribution in [0, 0.1) is 5.92 Å². The fraction of sp³-hybridized carbons (Fsp3) is 1.00. The molecule has 2 aliphatic carbocycles. The van der Waals surface area contributed by atoms with Crippen molar-refractivity contribution in [3.05, 3.63) is 0 Å². The van der Waals surface area contributed by atoms with Crippen LogP contribution in [0.5, 0.6) is 0 Å². The summed E-state index contributed by atoms with van der Waals surface area (Å²) in [5.41, 5.74) is 0. The molecule has 0 bridgehead atoms. The Kier molecular flexibility index (Phi) is 6.54. The Hall–Kier alpha value is -0.320. The van der Waals surface area contributed by atoms with E-state index < -0.39 is 24.7 Å². The highest BCUT2D eigenvalue weighted by atomic mass is 19.3. The van der Waals surface area contributed by atoms with Gasteiger partial charge in [-0.1, -0.05) is 51.4 Å². The van der Waals surface area contributed by atoms with Gasteiger partial charge in [0.05, 0.1) is 12.7 Å². The molecule has 2 fully saturated rings. The minimum atomic E-state index is -3.96. The molecule has 5 heteroatoms. The molecule has 0 aromatic heterocycles. The summed E-state index contributed by atoms with van der Waals surface area (Å²) >= 11 is 0. The van der Waals surface area contributed by atoms with Crippen LogP contribution in [-0.2, 0) is 4.74 Å². The summed E-state index contributed by atoms with van der Waals surface area (Å²) < 4.78 is 61.0. The van der Waals surface area contributed by atoms with Crippen LogP contribution in [0.2, 0.25) is 0 Å². The maximum atomic E-state index is 13.9. The molecule has 0 radical (unpaired) electrons. The molecule has 0 aliphatic heterocycles. The molecule has 22 heavy (non-hydrogen) atoms. The molecule has 0 N–H and O–H groups in total. The first-order valence-electron chi connectivity index (χ1n) is 8.78. The van der Waals surface area contributed by atoms with Gasteiger partial charge in [0, 0.05) is 12.8 Å². The van der Waals surface area contributed by atoms with Crippen molar-refractivity contribution in [2.24, 2.45) is 5.92 Å². The van der Waals surface area contributed by atoms with Crippen LogP contribution >= 0.6 is 0 Å². The molecule has 1 nitrogen and oxygen atoms in total. The van der Waals surface area contributed by atoms with E-state index in [1.54, 1.807) is 0 Å². The highest BCUT2D eigenvalue weighted by molar-refractivity contribution is 4.87. The summed E-state index contributed by atoms with van der Waals surface area (Å²) in [6.07, 6.45) is 7.52. The van der Waals surface area contributed by atoms with Crippen molar-refractivity contribution in [1.82, 2.24) is 0 Å². The monoisotopic (exact) mass is 324 g/mol. The van der Waals surface area contributed by atoms with Gasteiger partial charge in [0.2, 0.25) is 0 Å². The summed E-state index contributed by atoms with van der Waals surface area (Å²) in [4.78, 5) is 0. The predicted octanol–water partition coefficient (Wildman–Crippen LogP) is 5.97. The summed E-state index contributed by atoms with van der Waals surface area (Å²) in [6, 6.07) is 0. The van der Waals surface area contributed by atoms with E-state index in [1.165, 1.54) is 0 Å². The molecular weight excluding hydrogens is 296 g/mol. The highest BCUT2D eigenvalue weighted by Gasteiger charge is 2.56. The van der Waals surface area contributed by atoms with E-state index in [0.717, 1.165) is 51.4 Å². The average Bonchev–Trinajstić information content (AvgIpc) is 2.48. The normalized spacial score (nSPS) is 22.9. The lowest BCUT2D eigenvalue weighted by Crippen LogP contribution is -2.43. The van der Waals surface area contributed by atoms with Crippen molar-refractivity contribution in [3.8, 4) is 0 Å². The first-order chi connectivity index (χ1) is 10.4. The molecule has 0 amide bonds. The van der Waals surface area contributed by atoms with E-state index in [1.807, 2.05) is 0 Å². The van der Waals surface area contributed by atoms with E-state index in [-0.39, 0.29) is 18.6 Å². The molecule has 0 atom stereocenters. The Balaban J connectivity index is 1.76. The zero-order chi connectivity index (χ0) is 16.1. The molecule has 0 aromatic rings. The van der Waals surface area contributed by atoms with Crippen molar-refractivity contribution in [3.63, 3.8) is 0 Å². The fourth-order valence-electron chi connectivity index (χ4n) is 3.67. The van der Waals surface area contributed by atoms with Crippen LogP contribution < -0.4 is 0 Å². The third-order valence-electron chi connectivity index (χ3n) is 5.13. The second-order valence-electron chi connectivity index (χ2n) is 7.00. The fourth-order valence-corrected chi connectivity index (χ4v) is 3.67. The summed E-state index contributed by atoms with van der Waals surface area (Å²) in [5, 5.41) is 0. The van der Waals surface area contributed by atoms with Crippen molar-refractivity contribution in [2.45, 2.75) is 95.0 Å². The second kappa shape index (κ2) is 7.98. The molecule has 0 saturated heterocycles. The molecule has 2 rings (SSSR count). The van der Waals surface area contributed by atoms with Crippen LogP contribution in [0.4, 0.5) is 17.6 Å². The summed E-state index contributed by atoms with van der Waals surface area (Å²) in [5.74, 6) is -8.13. The number of rotatable bonds is 7. The van der Waals surface area contributed by atoms with E-state index in [4.69, 9.17) is 4.74 Å². The second-order valence-corrected chi connectivity index (χ2v) is 7.00. The van der Waals surface area contributed by atoms with E-state index in [0.29, 0.717) is 12.8 Å². The van der Waals surface area contributed by atoms with Gasteiger partial charge in [-0.15, -0.1) is 0 Å². The van der Waals surface area contributed by atoms with Crippen LogP contribution in [0.3, 0.4) is 0 Å². The third kappa shape index (κ3) is 5.10. The standard InChI is InChI=1S/C17H28F4O/c18-16(19,11-12-22-15-9-5-2-6-10-15)17(20,21)13-14-7-3-1-4-8-14/h14-15H,1-13H2. The Morgan fingerprint density at radius 3 is 1.86 bits per heavy atom. The summed E-state index contributed by atoms with van der Waals surface area (Å²) in [6.45, 7) is -0.266. The van der Waals surface area contributed by atoms with Gasteiger partial charge in [-0.3, -0.25) is 0 Å². The predicted molar refractivity (Wildman–Crippen MR) is 78.5 cm³/mol. The van der Waals surface area contributed by atoms with Gasteiger partial charge < -0.3 is 4.74 Å². The zero-order valence-electron chi connectivity index (χ0n) is 13.3. The molecular formula is C17H28F4O. The molecule has 130 valence electrons. The van der Waals surface area contributed by atoms with Gasteiger partial charge in [0.15, 0.2) is 0 Å². The summed E-state index contributed by atoms with van der Waals surface area (Å²) in [7, 11) is 0. The van der Waals surface area contributed by atoms with Crippen molar-refractivity contribution in [1.29, 1.82) is 0 Å². The number of hydrogen-bond donors (Lipinski definition) is 0. The Labute approximate surface area is 130 Å².